The molecule has 2 nitrogen and oxygen atoms in total. The van der Waals surface area contributed by atoms with E-state index in [0.29, 0.717) is 0 Å². The molecular weight excluding hydrogens is 114 g/mol. The Kier molecular flexibility index (Phi) is 2.31. The topological polar surface area (TPSA) is 29.1 Å². The number of hydrogen-bond acceptors (Lipinski definition) is 1. The molecule has 1 N–H and O–H groups in total. The Hall–Kier alpha value is -0.790. The first-order valence-electron chi connectivity index (χ1n) is 3.34. The second-order valence-electron chi connectivity index (χ2n) is 2.19. The molecule has 1 heterocycles. The van der Waals surface area contributed by atoms with E-state index in [1.54, 1.807) is 6.08 Å². The van der Waals surface area contributed by atoms with Crippen LogP contribution in [0.1, 0.15) is 19.3 Å². The number of hydrogen-bond donors (Lipinski definition) is 1. The van der Waals surface area contributed by atoms with Gasteiger partial charge in [0.25, 0.3) is 0 Å². The molecule has 1 aliphatic rings. The first-order chi connectivity index (χ1) is 4.39. The lowest BCUT2D eigenvalue weighted by Crippen LogP contribution is -2.22. The molecule has 0 aromatic rings. The molecular formula is C7H11NO. The normalized spacial score (nSPS) is 20.2. The van der Waals surface area contributed by atoms with Gasteiger partial charge in [0.2, 0.25) is 5.91 Å². The van der Waals surface area contributed by atoms with Gasteiger partial charge in [0.05, 0.1) is 0 Å². The summed E-state index contributed by atoms with van der Waals surface area (Å²) in [6, 6.07) is 0. The Bertz CT molecular complexity index is 129. The molecule has 0 spiro atoms. The Balaban J connectivity index is 2.39. The summed E-state index contributed by atoms with van der Waals surface area (Å²) in [5.74, 6) is 0.0506. The first-order valence-corrected chi connectivity index (χ1v) is 3.34. The average Bonchev–Trinajstić information content (AvgIpc) is 1.79. The molecule has 1 rings (SSSR count). The lowest BCUT2D eigenvalue weighted by atomic mass is 10.2. The van der Waals surface area contributed by atoms with E-state index in [0.717, 1.165) is 19.4 Å². The van der Waals surface area contributed by atoms with Crippen molar-refractivity contribution in [1.29, 1.82) is 0 Å². The summed E-state index contributed by atoms with van der Waals surface area (Å²) in [4.78, 5) is 10.6. The van der Waals surface area contributed by atoms with Crippen molar-refractivity contribution in [2.45, 2.75) is 19.3 Å². The Morgan fingerprint density at radius 1 is 1.44 bits per heavy atom. The average molecular weight is 125 g/mol. The summed E-state index contributed by atoms with van der Waals surface area (Å²) >= 11 is 0. The quantitative estimate of drug-likeness (QED) is 0.510. The van der Waals surface area contributed by atoms with Gasteiger partial charge >= 0.3 is 0 Å². The summed E-state index contributed by atoms with van der Waals surface area (Å²) in [5, 5.41) is 2.76. The third kappa shape index (κ3) is 2.31. The highest BCUT2D eigenvalue weighted by Gasteiger charge is 1.96. The summed E-state index contributed by atoms with van der Waals surface area (Å²) in [6.45, 7) is 0.836. The Morgan fingerprint density at radius 2 is 2.33 bits per heavy atom. The summed E-state index contributed by atoms with van der Waals surface area (Å²) in [7, 11) is 0. The van der Waals surface area contributed by atoms with Gasteiger partial charge in [-0.2, -0.15) is 0 Å². The van der Waals surface area contributed by atoms with E-state index in [4.69, 9.17) is 0 Å². The van der Waals surface area contributed by atoms with E-state index in [-0.39, 0.29) is 5.91 Å². The molecule has 0 radical (unpaired) electrons. The van der Waals surface area contributed by atoms with Crippen LogP contribution in [-0.2, 0) is 4.79 Å². The van der Waals surface area contributed by atoms with Gasteiger partial charge in [0.1, 0.15) is 0 Å². The molecule has 50 valence electrons. The summed E-state index contributed by atoms with van der Waals surface area (Å²) in [6.07, 6.45) is 6.88. The minimum Gasteiger partial charge on any atom is -0.353 e. The SMILES string of the molecule is O=C1C=CCCCCN1. The predicted octanol–water partition coefficient (Wildman–Crippen LogP) is 0.843. The zero-order chi connectivity index (χ0) is 6.53. The van der Waals surface area contributed by atoms with Gasteiger partial charge in [-0.3, -0.25) is 4.79 Å². The molecule has 0 aromatic carbocycles. The summed E-state index contributed by atoms with van der Waals surface area (Å²) < 4.78 is 0. The van der Waals surface area contributed by atoms with Gasteiger partial charge in [0.15, 0.2) is 0 Å². The summed E-state index contributed by atoms with van der Waals surface area (Å²) in [5.41, 5.74) is 0. The molecule has 0 atom stereocenters. The smallest absolute Gasteiger partial charge is 0.243 e. The van der Waals surface area contributed by atoms with Crippen LogP contribution >= 0.6 is 0 Å². The number of carbonyl (C=O) groups excluding carboxylic acids is 1. The number of amides is 1. The van der Waals surface area contributed by atoms with Crippen LogP contribution in [0.4, 0.5) is 0 Å². The zero-order valence-electron chi connectivity index (χ0n) is 5.39. The van der Waals surface area contributed by atoms with Gasteiger partial charge in [-0.25, -0.2) is 0 Å². The maximum atomic E-state index is 10.6. The van der Waals surface area contributed by atoms with Gasteiger partial charge in [-0.15, -0.1) is 0 Å². The lowest BCUT2D eigenvalue weighted by Gasteiger charge is -2.03. The third-order valence-electron chi connectivity index (χ3n) is 1.37. The van der Waals surface area contributed by atoms with Crippen LogP contribution in [0.15, 0.2) is 12.2 Å². The van der Waals surface area contributed by atoms with Crippen molar-refractivity contribution >= 4 is 5.91 Å². The van der Waals surface area contributed by atoms with Gasteiger partial charge in [-0.05, 0) is 25.3 Å². The number of allylic oxidation sites excluding steroid dienone is 1. The zero-order valence-corrected chi connectivity index (χ0v) is 5.39. The highest BCUT2D eigenvalue weighted by Crippen LogP contribution is 1.97. The predicted molar refractivity (Wildman–Crippen MR) is 36.0 cm³/mol. The van der Waals surface area contributed by atoms with Crippen LogP contribution in [0.5, 0.6) is 0 Å². The monoisotopic (exact) mass is 125 g/mol. The van der Waals surface area contributed by atoms with Gasteiger partial charge < -0.3 is 5.32 Å². The van der Waals surface area contributed by atoms with Crippen molar-refractivity contribution in [3.63, 3.8) is 0 Å². The largest absolute Gasteiger partial charge is 0.353 e. The molecule has 2 heteroatoms. The molecule has 0 fully saturated rings. The molecule has 0 aromatic heterocycles. The number of carbonyl (C=O) groups is 1. The molecule has 9 heavy (non-hydrogen) atoms. The second kappa shape index (κ2) is 3.28. The molecule has 1 aliphatic heterocycles. The minimum absolute atomic E-state index is 0.0506. The molecule has 1 amide bonds. The van der Waals surface area contributed by atoms with E-state index < -0.39 is 0 Å². The third-order valence-corrected chi connectivity index (χ3v) is 1.37. The Labute approximate surface area is 54.9 Å². The maximum Gasteiger partial charge on any atom is 0.243 e. The van der Waals surface area contributed by atoms with E-state index >= 15 is 0 Å². The van der Waals surface area contributed by atoms with Gasteiger partial charge in [0, 0.05) is 6.54 Å². The van der Waals surface area contributed by atoms with Crippen molar-refractivity contribution in [2.75, 3.05) is 6.54 Å². The van der Waals surface area contributed by atoms with Crippen LogP contribution in [0.25, 0.3) is 0 Å². The van der Waals surface area contributed by atoms with Crippen molar-refractivity contribution in [2.24, 2.45) is 0 Å². The highest BCUT2D eigenvalue weighted by atomic mass is 16.1. The minimum atomic E-state index is 0.0506. The van der Waals surface area contributed by atoms with Crippen LogP contribution < -0.4 is 5.32 Å². The molecule has 0 unspecified atom stereocenters. The van der Waals surface area contributed by atoms with Crippen LogP contribution in [0.2, 0.25) is 0 Å². The van der Waals surface area contributed by atoms with Crippen molar-refractivity contribution in [3.8, 4) is 0 Å². The van der Waals surface area contributed by atoms with Crippen LogP contribution in [0, 0.1) is 0 Å². The van der Waals surface area contributed by atoms with Crippen LogP contribution in [0.3, 0.4) is 0 Å². The van der Waals surface area contributed by atoms with E-state index in [9.17, 15) is 4.79 Å². The second-order valence-corrected chi connectivity index (χ2v) is 2.19. The maximum absolute atomic E-state index is 10.6. The molecule has 0 saturated heterocycles. The highest BCUT2D eigenvalue weighted by molar-refractivity contribution is 5.87. The van der Waals surface area contributed by atoms with E-state index in [1.165, 1.54) is 6.42 Å². The van der Waals surface area contributed by atoms with Crippen molar-refractivity contribution in [3.05, 3.63) is 12.2 Å². The van der Waals surface area contributed by atoms with Crippen LogP contribution in [-0.4, -0.2) is 12.5 Å². The lowest BCUT2D eigenvalue weighted by molar-refractivity contribution is -0.116. The fourth-order valence-electron chi connectivity index (χ4n) is 0.848. The van der Waals surface area contributed by atoms with Crippen molar-refractivity contribution in [1.82, 2.24) is 5.32 Å². The van der Waals surface area contributed by atoms with Gasteiger partial charge in [-0.1, -0.05) is 6.08 Å². The van der Waals surface area contributed by atoms with E-state index in [2.05, 4.69) is 5.32 Å². The fraction of sp³-hybridized carbons (Fsp3) is 0.571. The number of nitrogens with one attached hydrogen (secondary N) is 1. The fourth-order valence-corrected chi connectivity index (χ4v) is 0.848. The molecule has 0 bridgehead atoms. The number of rotatable bonds is 0. The first kappa shape index (κ1) is 6.33. The Morgan fingerprint density at radius 3 is 3.22 bits per heavy atom. The standard InChI is InChI=1S/C7H11NO/c9-7-5-3-1-2-4-6-8-7/h3,5H,1-2,4,6H2,(H,8,9). The van der Waals surface area contributed by atoms with Crippen molar-refractivity contribution < 1.29 is 4.79 Å². The molecule has 0 saturated carbocycles. The molecule has 0 aliphatic carbocycles. The van der Waals surface area contributed by atoms with E-state index in [1.807, 2.05) is 6.08 Å².